The van der Waals surface area contributed by atoms with Crippen LogP contribution < -0.4 is 5.73 Å². The summed E-state index contributed by atoms with van der Waals surface area (Å²) >= 11 is 0. The number of nitrogen functional groups attached to an aromatic ring is 1. The van der Waals surface area contributed by atoms with Crippen molar-refractivity contribution in [3.63, 3.8) is 0 Å². The third-order valence-electron chi connectivity index (χ3n) is 3.57. The number of hydrogen-bond donors (Lipinski definition) is 1. The van der Waals surface area contributed by atoms with Crippen LogP contribution in [-0.2, 0) is 11.3 Å². The zero-order valence-electron chi connectivity index (χ0n) is 10.0. The van der Waals surface area contributed by atoms with Gasteiger partial charge in [-0.3, -0.25) is 4.79 Å². The van der Waals surface area contributed by atoms with E-state index in [1.807, 2.05) is 0 Å². The zero-order chi connectivity index (χ0) is 12.5. The minimum absolute atomic E-state index is 0.210. The Balaban J connectivity index is 1.86. The molecule has 2 heterocycles. The lowest BCUT2D eigenvalue weighted by molar-refractivity contribution is -0.123. The number of aromatic nitrogens is 4. The van der Waals surface area contributed by atoms with Gasteiger partial charge in [-0.05, 0) is 12.8 Å². The van der Waals surface area contributed by atoms with E-state index in [1.54, 1.807) is 10.9 Å². The van der Waals surface area contributed by atoms with Gasteiger partial charge in [-0.15, -0.1) is 0 Å². The molecule has 0 atom stereocenters. The molecule has 94 valence electrons. The van der Waals surface area contributed by atoms with Gasteiger partial charge in [0.15, 0.2) is 17.2 Å². The maximum Gasteiger partial charge on any atom is 0.165 e. The first-order valence-corrected chi connectivity index (χ1v) is 6.19. The first-order valence-electron chi connectivity index (χ1n) is 6.19. The van der Waals surface area contributed by atoms with Gasteiger partial charge >= 0.3 is 0 Å². The average molecular weight is 245 g/mol. The van der Waals surface area contributed by atoms with Crippen molar-refractivity contribution in [1.82, 2.24) is 19.5 Å². The summed E-state index contributed by atoms with van der Waals surface area (Å²) in [5.41, 5.74) is 6.91. The third kappa shape index (κ3) is 1.83. The summed E-state index contributed by atoms with van der Waals surface area (Å²) < 4.78 is 1.76. The van der Waals surface area contributed by atoms with E-state index in [9.17, 15) is 4.79 Å². The van der Waals surface area contributed by atoms with Crippen LogP contribution in [0.2, 0.25) is 0 Å². The van der Waals surface area contributed by atoms with E-state index in [4.69, 9.17) is 5.73 Å². The standard InChI is InChI=1S/C12H15N5O/c13-11-10-12(15-6-14-11)17(7-16-10)5-9(18)8-3-1-2-4-8/h6-8H,1-5H2,(H2,13,14,15). The Morgan fingerprint density at radius 2 is 2.11 bits per heavy atom. The van der Waals surface area contributed by atoms with E-state index in [-0.39, 0.29) is 11.7 Å². The van der Waals surface area contributed by atoms with Crippen LogP contribution in [-0.4, -0.2) is 25.3 Å². The lowest BCUT2D eigenvalue weighted by atomic mass is 10.0. The van der Waals surface area contributed by atoms with E-state index in [0.717, 1.165) is 25.7 Å². The highest BCUT2D eigenvalue weighted by atomic mass is 16.1. The minimum Gasteiger partial charge on any atom is -0.382 e. The van der Waals surface area contributed by atoms with Crippen molar-refractivity contribution < 1.29 is 4.79 Å². The molecular formula is C12H15N5O. The number of imidazole rings is 1. The Labute approximate surface area is 104 Å². The van der Waals surface area contributed by atoms with Crippen molar-refractivity contribution in [2.45, 2.75) is 32.2 Å². The van der Waals surface area contributed by atoms with Crippen molar-refractivity contribution in [1.29, 1.82) is 0 Å². The number of anilines is 1. The van der Waals surface area contributed by atoms with Crippen LogP contribution in [0.25, 0.3) is 11.2 Å². The smallest absolute Gasteiger partial charge is 0.165 e. The van der Waals surface area contributed by atoms with Crippen LogP contribution in [0.5, 0.6) is 0 Å². The Bertz CT molecular complexity index is 585. The van der Waals surface area contributed by atoms with Gasteiger partial charge in [0.1, 0.15) is 11.8 Å². The Morgan fingerprint density at radius 3 is 2.89 bits per heavy atom. The highest BCUT2D eigenvalue weighted by Crippen LogP contribution is 2.26. The number of nitrogens with zero attached hydrogens (tertiary/aromatic N) is 4. The molecule has 1 saturated carbocycles. The molecule has 6 nitrogen and oxygen atoms in total. The Hall–Kier alpha value is -1.98. The number of Topliss-reactive ketones (excluding diaryl/α,β-unsaturated/α-hetero) is 1. The maximum absolute atomic E-state index is 12.1. The third-order valence-corrected chi connectivity index (χ3v) is 3.57. The molecule has 0 amide bonds. The van der Waals surface area contributed by atoms with Gasteiger partial charge in [0.2, 0.25) is 0 Å². The molecule has 0 radical (unpaired) electrons. The van der Waals surface area contributed by atoms with Gasteiger partial charge in [-0.25, -0.2) is 15.0 Å². The SMILES string of the molecule is Nc1ncnc2c1ncn2CC(=O)C1CCCC1. The predicted octanol–water partition coefficient (Wildman–Crippen LogP) is 1.17. The van der Waals surface area contributed by atoms with Crippen molar-refractivity contribution in [2.75, 3.05) is 5.73 Å². The van der Waals surface area contributed by atoms with Gasteiger partial charge < -0.3 is 10.3 Å². The quantitative estimate of drug-likeness (QED) is 0.877. The van der Waals surface area contributed by atoms with Crippen LogP contribution in [0.4, 0.5) is 5.82 Å². The van der Waals surface area contributed by atoms with E-state index < -0.39 is 0 Å². The molecule has 3 rings (SSSR count). The molecule has 0 saturated heterocycles. The van der Waals surface area contributed by atoms with Gasteiger partial charge in [0.25, 0.3) is 0 Å². The van der Waals surface area contributed by atoms with Crippen LogP contribution in [0, 0.1) is 5.92 Å². The number of hydrogen-bond acceptors (Lipinski definition) is 5. The summed E-state index contributed by atoms with van der Waals surface area (Å²) in [5, 5.41) is 0. The van der Waals surface area contributed by atoms with Gasteiger partial charge in [-0.1, -0.05) is 12.8 Å². The summed E-state index contributed by atoms with van der Waals surface area (Å²) in [5.74, 6) is 0.831. The highest BCUT2D eigenvalue weighted by Gasteiger charge is 2.23. The fourth-order valence-electron chi connectivity index (χ4n) is 2.56. The van der Waals surface area contributed by atoms with Gasteiger partial charge in [-0.2, -0.15) is 0 Å². The number of carbonyl (C=O) groups excluding carboxylic acids is 1. The lowest BCUT2D eigenvalue weighted by Crippen LogP contribution is -2.17. The number of rotatable bonds is 3. The molecule has 6 heteroatoms. The van der Waals surface area contributed by atoms with Crippen molar-refractivity contribution in [3.8, 4) is 0 Å². The van der Waals surface area contributed by atoms with E-state index >= 15 is 0 Å². The molecule has 2 N–H and O–H groups in total. The second-order valence-electron chi connectivity index (χ2n) is 4.75. The molecule has 1 aliphatic rings. The first kappa shape index (κ1) is 11.1. The molecule has 2 aromatic rings. The Kier molecular flexibility index (Phi) is 2.70. The van der Waals surface area contributed by atoms with Crippen molar-refractivity contribution >= 4 is 22.8 Å². The molecule has 0 bridgehead atoms. The maximum atomic E-state index is 12.1. The number of carbonyl (C=O) groups is 1. The van der Waals surface area contributed by atoms with Crippen LogP contribution in [0.3, 0.4) is 0 Å². The minimum atomic E-state index is 0.210. The molecule has 0 unspecified atom stereocenters. The second-order valence-corrected chi connectivity index (χ2v) is 4.75. The summed E-state index contributed by atoms with van der Waals surface area (Å²) in [7, 11) is 0. The van der Waals surface area contributed by atoms with Crippen LogP contribution in [0.15, 0.2) is 12.7 Å². The zero-order valence-corrected chi connectivity index (χ0v) is 10.0. The molecule has 1 fully saturated rings. The molecule has 0 aromatic carbocycles. The highest BCUT2D eigenvalue weighted by molar-refractivity contribution is 5.85. The number of ketones is 1. The number of fused-ring (bicyclic) bond motifs is 1. The van der Waals surface area contributed by atoms with E-state index in [1.165, 1.54) is 6.33 Å². The predicted molar refractivity (Wildman–Crippen MR) is 66.7 cm³/mol. The lowest BCUT2D eigenvalue weighted by Gasteiger charge is -2.08. The summed E-state index contributed by atoms with van der Waals surface area (Å²) in [4.78, 5) is 24.3. The fraction of sp³-hybridized carbons (Fsp3) is 0.500. The molecule has 0 spiro atoms. The van der Waals surface area contributed by atoms with E-state index in [0.29, 0.717) is 23.5 Å². The molecule has 1 aliphatic carbocycles. The molecular weight excluding hydrogens is 230 g/mol. The fourth-order valence-corrected chi connectivity index (χ4v) is 2.56. The van der Waals surface area contributed by atoms with Crippen LogP contribution in [0.1, 0.15) is 25.7 Å². The van der Waals surface area contributed by atoms with Gasteiger partial charge in [0, 0.05) is 5.92 Å². The average Bonchev–Trinajstić information content (AvgIpc) is 2.99. The second kappa shape index (κ2) is 4.36. The normalized spacial score (nSPS) is 16.4. The van der Waals surface area contributed by atoms with Crippen LogP contribution >= 0.6 is 0 Å². The van der Waals surface area contributed by atoms with Crippen molar-refractivity contribution in [3.05, 3.63) is 12.7 Å². The molecule has 2 aromatic heterocycles. The largest absolute Gasteiger partial charge is 0.382 e. The van der Waals surface area contributed by atoms with E-state index in [2.05, 4.69) is 15.0 Å². The molecule has 18 heavy (non-hydrogen) atoms. The monoisotopic (exact) mass is 245 g/mol. The summed E-state index contributed by atoms with van der Waals surface area (Å²) in [6.07, 6.45) is 7.37. The first-order chi connectivity index (χ1) is 8.75. The van der Waals surface area contributed by atoms with Crippen molar-refractivity contribution in [2.24, 2.45) is 5.92 Å². The Morgan fingerprint density at radius 1 is 1.33 bits per heavy atom. The van der Waals surface area contributed by atoms with Gasteiger partial charge in [0.05, 0.1) is 12.9 Å². The summed E-state index contributed by atoms with van der Waals surface area (Å²) in [6.45, 7) is 0.331. The molecule has 0 aliphatic heterocycles. The topological polar surface area (TPSA) is 86.7 Å². The number of nitrogens with two attached hydrogens (primary N) is 1. The summed E-state index contributed by atoms with van der Waals surface area (Å²) in [6, 6.07) is 0.